The van der Waals surface area contributed by atoms with Crippen molar-refractivity contribution in [2.45, 2.75) is 12.8 Å². The topological polar surface area (TPSA) is 50.4 Å². The Morgan fingerprint density at radius 3 is 2.87 bits per heavy atom. The van der Waals surface area contributed by atoms with E-state index in [2.05, 4.69) is 0 Å². The van der Waals surface area contributed by atoms with Gasteiger partial charge < -0.3 is 9.52 Å². The van der Waals surface area contributed by atoms with Gasteiger partial charge in [-0.3, -0.25) is 4.79 Å². The van der Waals surface area contributed by atoms with Crippen molar-refractivity contribution in [1.82, 2.24) is 0 Å². The van der Waals surface area contributed by atoms with E-state index in [1.165, 1.54) is 0 Å². The minimum Gasteiger partial charge on any atom is -0.481 e. The van der Waals surface area contributed by atoms with Gasteiger partial charge in [0, 0.05) is 10.4 Å². The van der Waals surface area contributed by atoms with Crippen LogP contribution in [0.1, 0.15) is 18.6 Å². The first-order valence-electron chi connectivity index (χ1n) is 4.50. The lowest BCUT2D eigenvalue weighted by molar-refractivity contribution is -0.138. The van der Waals surface area contributed by atoms with Crippen molar-refractivity contribution >= 4 is 28.5 Å². The summed E-state index contributed by atoms with van der Waals surface area (Å²) in [6.45, 7) is 1.58. The largest absolute Gasteiger partial charge is 0.481 e. The summed E-state index contributed by atoms with van der Waals surface area (Å²) < 4.78 is 5.41. The minimum atomic E-state index is -0.903. The zero-order valence-electron chi connectivity index (χ0n) is 8.03. The fraction of sp³-hybridized carbons (Fsp3) is 0.182. The molecule has 0 saturated carbocycles. The maximum Gasteiger partial charge on any atom is 0.313 e. The van der Waals surface area contributed by atoms with Crippen molar-refractivity contribution in [2.75, 3.05) is 0 Å². The third-order valence-corrected chi connectivity index (χ3v) is 2.53. The van der Waals surface area contributed by atoms with Crippen molar-refractivity contribution in [3.8, 4) is 0 Å². The van der Waals surface area contributed by atoms with E-state index in [-0.39, 0.29) is 0 Å². The molecule has 2 rings (SSSR count). The molecule has 1 unspecified atom stereocenters. The van der Waals surface area contributed by atoms with Crippen LogP contribution in [-0.4, -0.2) is 11.1 Å². The first kappa shape index (κ1) is 10.1. The van der Waals surface area contributed by atoms with Gasteiger partial charge in [-0.05, 0) is 31.2 Å². The molecule has 0 aliphatic rings. The van der Waals surface area contributed by atoms with Gasteiger partial charge in [-0.2, -0.15) is 0 Å². The first-order chi connectivity index (χ1) is 7.08. The summed E-state index contributed by atoms with van der Waals surface area (Å²) in [4.78, 5) is 10.8. The average molecular weight is 225 g/mol. The molecular weight excluding hydrogens is 216 g/mol. The highest BCUT2D eigenvalue weighted by Gasteiger charge is 2.18. The molecule has 1 aromatic carbocycles. The van der Waals surface area contributed by atoms with E-state index in [4.69, 9.17) is 21.1 Å². The Morgan fingerprint density at radius 1 is 1.47 bits per heavy atom. The summed E-state index contributed by atoms with van der Waals surface area (Å²) in [7, 11) is 0. The fourth-order valence-electron chi connectivity index (χ4n) is 1.37. The highest BCUT2D eigenvalue weighted by Crippen LogP contribution is 2.27. The molecule has 0 fully saturated rings. The number of hydrogen-bond acceptors (Lipinski definition) is 2. The van der Waals surface area contributed by atoms with Gasteiger partial charge in [-0.15, -0.1) is 0 Å². The van der Waals surface area contributed by atoms with Gasteiger partial charge in [0.05, 0.1) is 0 Å². The molecule has 1 N–H and O–H groups in total. The van der Waals surface area contributed by atoms with Crippen LogP contribution in [-0.2, 0) is 4.79 Å². The van der Waals surface area contributed by atoms with Crippen LogP contribution >= 0.6 is 11.6 Å². The molecule has 2 aromatic rings. The maximum absolute atomic E-state index is 10.8. The summed E-state index contributed by atoms with van der Waals surface area (Å²) >= 11 is 5.81. The third-order valence-electron chi connectivity index (χ3n) is 2.29. The quantitative estimate of drug-likeness (QED) is 0.852. The van der Waals surface area contributed by atoms with E-state index in [1.807, 2.05) is 0 Å². The first-order valence-corrected chi connectivity index (χ1v) is 4.87. The number of furan rings is 1. The average Bonchev–Trinajstić information content (AvgIpc) is 2.58. The highest BCUT2D eigenvalue weighted by molar-refractivity contribution is 6.31. The summed E-state index contributed by atoms with van der Waals surface area (Å²) in [5.74, 6) is -1.10. The van der Waals surface area contributed by atoms with Crippen molar-refractivity contribution < 1.29 is 14.3 Å². The number of halogens is 1. The van der Waals surface area contributed by atoms with Crippen molar-refractivity contribution in [3.05, 3.63) is 35.0 Å². The van der Waals surface area contributed by atoms with E-state index in [0.29, 0.717) is 16.4 Å². The van der Waals surface area contributed by atoms with Crippen molar-refractivity contribution in [3.63, 3.8) is 0 Å². The molecule has 1 aromatic heterocycles. The van der Waals surface area contributed by atoms with E-state index in [1.54, 1.807) is 31.2 Å². The van der Waals surface area contributed by atoms with Gasteiger partial charge in [0.2, 0.25) is 0 Å². The van der Waals surface area contributed by atoms with E-state index in [9.17, 15) is 4.79 Å². The summed E-state index contributed by atoms with van der Waals surface area (Å²) in [5, 5.41) is 10.3. The van der Waals surface area contributed by atoms with Gasteiger partial charge in [-0.1, -0.05) is 11.6 Å². The molecule has 0 amide bonds. The molecule has 15 heavy (non-hydrogen) atoms. The lowest BCUT2D eigenvalue weighted by Gasteiger charge is -1.99. The minimum absolute atomic E-state index is 0.444. The highest BCUT2D eigenvalue weighted by atomic mass is 35.5. The van der Waals surface area contributed by atoms with Crippen LogP contribution in [0.15, 0.2) is 28.7 Å². The van der Waals surface area contributed by atoms with Crippen molar-refractivity contribution in [2.24, 2.45) is 0 Å². The molecule has 0 aliphatic carbocycles. The molecule has 1 atom stereocenters. The summed E-state index contributed by atoms with van der Waals surface area (Å²) in [5.41, 5.74) is 0.655. The molecule has 0 radical (unpaired) electrons. The van der Waals surface area contributed by atoms with Crippen LogP contribution in [0, 0.1) is 0 Å². The SMILES string of the molecule is CC(C(=O)O)c1cc2cc(Cl)ccc2o1. The predicted octanol–water partition coefficient (Wildman–Crippen LogP) is 3.27. The van der Waals surface area contributed by atoms with Gasteiger partial charge >= 0.3 is 5.97 Å². The number of aliphatic carboxylic acids is 1. The fourth-order valence-corrected chi connectivity index (χ4v) is 1.55. The predicted molar refractivity (Wildman–Crippen MR) is 57.3 cm³/mol. The van der Waals surface area contributed by atoms with E-state index in [0.717, 1.165) is 5.39 Å². The molecule has 4 heteroatoms. The van der Waals surface area contributed by atoms with Crippen LogP contribution in [0.25, 0.3) is 11.0 Å². The summed E-state index contributed by atoms with van der Waals surface area (Å²) in [6.07, 6.45) is 0. The number of rotatable bonds is 2. The molecule has 3 nitrogen and oxygen atoms in total. The Kier molecular flexibility index (Phi) is 2.40. The number of fused-ring (bicyclic) bond motifs is 1. The normalized spacial score (nSPS) is 12.9. The number of carboxylic acids is 1. The lowest BCUT2D eigenvalue weighted by atomic mass is 10.1. The number of carbonyl (C=O) groups is 1. The van der Waals surface area contributed by atoms with E-state index < -0.39 is 11.9 Å². The van der Waals surface area contributed by atoms with Gasteiger partial charge in [0.1, 0.15) is 17.3 Å². The van der Waals surface area contributed by atoms with Crippen LogP contribution in [0.4, 0.5) is 0 Å². The Bertz CT molecular complexity index is 516. The molecule has 0 bridgehead atoms. The van der Waals surface area contributed by atoms with Crippen LogP contribution < -0.4 is 0 Å². The number of hydrogen-bond donors (Lipinski definition) is 1. The molecule has 0 saturated heterocycles. The van der Waals surface area contributed by atoms with Gasteiger partial charge in [0.15, 0.2) is 0 Å². The molecule has 0 aliphatic heterocycles. The van der Waals surface area contributed by atoms with Gasteiger partial charge in [-0.25, -0.2) is 0 Å². The zero-order chi connectivity index (χ0) is 11.0. The van der Waals surface area contributed by atoms with Crippen LogP contribution in [0.5, 0.6) is 0 Å². The zero-order valence-corrected chi connectivity index (χ0v) is 8.78. The lowest BCUT2D eigenvalue weighted by Crippen LogP contribution is -2.05. The number of carboxylic acid groups (broad SMARTS) is 1. The monoisotopic (exact) mass is 224 g/mol. The molecule has 0 spiro atoms. The molecular formula is C11H9ClO3. The Morgan fingerprint density at radius 2 is 2.20 bits per heavy atom. The van der Waals surface area contributed by atoms with Crippen LogP contribution in [0.3, 0.4) is 0 Å². The Balaban J connectivity index is 2.51. The van der Waals surface area contributed by atoms with E-state index >= 15 is 0 Å². The number of benzene rings is 1. The van der Waals surface area contributed by atoms with Gasteiger partial charge in [0.25, 0.3) is 0 Å². The second-order valence-electron chi connectivity index (χ2n) is 3.39. The second-order valence-corrected chi connectivity index (χ2v) is 3.83. The summed E-state index contributed by atoms with van der Waals surface area (Å²) in [6, 6.07) is 6.90. The Labute approximate surface area is 91.3 Å². The van der Waals surface area contributed by atoms with Crippen molar-refractivity contribution in [1.29, 1.82) is 0 Å². The molecule has 1 heterocycles. The Hall–Kier alpha value is -1.48. The smallest absolute Gasteiger partial charge is 0.313 e. The molecule has 78 valence electrons. The third kappa shape index (κ3) is 1.83. The van der Waals surface area contributed by atoms with Crippen LogP contribution in [0.2, 0.25) is 5.02 Å². The standard InChI is InChI=1S/C11H9ClO3/c1-6(11(13)14)10-5-7-4-8(12)2-3-9(7)15-10/h2-6H,1H3,(H,13,14). The maximum atomic E-state index is 10.8. The second kappa shape index (κ2) is 3.59.